The number of aromatic nitrogens is 1. The third kappa shape index (κ3) is 2.66. The van der Waals surface area contributed by atoms with Crippen molar-refractivity contribution in [1.29, 1.82) is 0 Å². The first-order valence-electron chi connectivity index (χ1n) is 8.27. The van der Waals surface area contributed by atoms with Gasteiger partial charge in [-0.15, -0.1) is 0 Å². The van der Waals surface area contributed by atoms with Gasteiger partial charge in [-0.25, -0.2) is 0 Å². The molecule has 25 heavy (non-hydrogen) atoms. The van der Waals surface area contributed by atoms with Crippen LogP contribution in [0.4, 0.5) is 0 Å². The molecule has 0 unspecified atom stereocenters. The van der Waals surface area contributed by atoms with Gasteiger partial charge in [0.25, 0.3) is 5.56 Å². The summed E-state index contributed by atoms with van der Waals surface area (Å²) in [6.07, 6.45) is 0.855. The van der Waals surface area contributed by atoms with Crippen molar-refractivity contribution < 1.29 is 9.90 Å². The van der Waals surface area contributed by atoms with E-state index in [9.17, 15) is 14.7 Å². The Morgan fingerprint density at radius 3 is 2.16 bits per heavy atom. The maximum Gasteiger partial charge on any atom is 0.259 e. The summed E-state index contributed by atoms with van der Waals surface area (Å²) in [7, 11) is 0. The normalized spacial score (nSPS) is 16.5. The zero-order valence-electron chi connectivity index (χ0n) is 13.5. The number of H-pyrrole nitrogens is 1. The van der Waals surface area contributed by atoms with E-state index in [0.717, 1.165) is 5.56 Å². The first kappa shape index (κ1) is 15.4. The summed E-state index contributed by atoms with van der Waals surface area (Å²) in [5.74, 6) is -0.332. The number of benzene rings is 2. The third-order valence-corrected chi connectivity index (χ3v) is 4.76. The second kappa shape index (κ2) is 6.06. The van der Waals surface area contributed by atoms with Gasteiger partial charge in [0.05, 0.1) is 11.1 Å². The molecule has 1 aromatic heterocycles. The number of rotatable bonds is 2. The lowest BCUT2D eigenvalue weighted by Crippen LogP contribution is -2.25. The minimum absolute atomic E-state index is 0.0128. The van der Waals surface area contributed by atoms with Crippen LogP contribution in [0.15, 0.2) is 65.5 Å². The Bertz CT molecular complexity index is 991. The van der Waals surface area contributed by atoms with Crippen molar-refractivity contribution >= 4 is 5.78 Å². The van der Waals surface area contributed by atoms with Gasteiger partial charge in [0.1, 0.15) is 5.75 Å². The van der Waals surface area contributed by atoms with Crippen LogP contribution in [-0.2, 0) is 6.42 Å². The summed E-state index contributed by atoms with van der Waals surface area (Å²) in [5, 5.41) is 10.7. The molecular formula is C21H17NO3. The highest BCUT2D eigenvalue weighted by Gasteiger charge is 2.31. The second-order valence-electron chi connectivity index (χ2n) is 6.34. The molecule has 1 heterocycles. The van der Waals surface area contributed by atoms with Crippen LogP contribution in [0.5, 0.6) is 5.75 Å². The Hall–Kier alpha value is -3.14. The number of carbonyl (C=O) groups is 1. The topological polar surface area (TPSA) is 70.2 Å². The minimum atomic E-state index is -0.371. The first-order chi connectivity index (χ1) is 12.1. The molecule has 0 amide bonds. The molecule has 4 rings (SSSR count). The van der Waals surface area contributed by atoms with Crippen LogP contribution < -0.4 is 5.56 Å². The van der Waals surface area contributed by atoms with E-state index < -0.39 is 0 Å². The minimum Gasteiger partial charge on any atom is -0.506 e. The highest BCUT2D eigenvalue weighted by molar-refractivity contribution is 6.03. The van der Waals surface area contributed by atoms with Gasteiger partial charge in [-0.3, -0.25) is 9.59 Å². The molecule has 0 radical (unpaired) electrons. The lowest BCUT2D eigenvalue weighted by molar-refractivity contribution is 0.0960. The molecular weight excluding hydrogens is 314 g/mol. The zero-order chi connectivity index (χ0) is 17.4. The van der Waals surface area contributed by atoms with Crippen molar-refractivity contribution in [3.05, 3.63) is 87.8 Å². The van der Waals surface area contributed by atoms with Gasteiger partial charge < -0.3 is 10.1 Å². The number of aromatic hydroxyl groups is 1. The Morgan fingerprint density at radius 1 is 0.840 bits per heavy atom. The number of ketones is 1. The standard InChI is InChI=1S/C21H17NO3/c23-17-12-15(13-7-3-1-4-8-13)11-16-19(17)20(24)18(21(25)22-16)14-9-5-2-6-10-14/h1-10,15H,11-12H2,(H2,22,24,25)/t15-/m0/s1. The predicted octanol–water partition coefficient (Wildman–Crippen LogP) is 3.66. The molecule has 1 atom stereocenters. The lowest BCUT2D eigenvalue weighted by Gasteiger charge is -2.25. The summed E-state index contributed by atoms with van der Waals surface area (Å²) in [6.45, 7) is 0. The van der Waals surface area contributed by atoms with E-state index in [1.807, 2.05) is 36.4 Å². The highest BCUT2D eigenvalue weighted by atomic mass is 16.3. The number of aromatic amines is 1. The Kier molecular flexibility index (Phi) is 3.73. The molecule has 4 heteroatoms. The number of fused-ring (bicyclic) bond motifs is 1. The molecule has 3 aromatic rings. The van der Waals surface area contributed by atoms with Gasteiger partial charge in [-0.2, -0.15) is 0 Å². The fraction of sp³-hybridized carbons (Fsp3) is 0.143. The SMILES string of the molecule is O=C1C[C@@H](c2ccccc2)Cc2[nH]c(=O)c(-c3ccccc3)c(O)c21. The van der Waals surface area contributed by atoms with Crippen LogP contribution >= 0.6 is 0 Å². The number of carbonyl (C=O) groups excluding carboxylic acids is 1. The average molecular weight is 331 g/mol. The van der Waals surface area contributed by atoms with Crippen molar-refractivity contribution in [2.75, 3.05) is 0 Å². The third-order valence-electron chi connectivity index (χ3n) is 4.76. The molecule has 0 saturated carbocycles. The smallest absolute Gasteiger partial charge is 0.259 e. The van der Waals surface area contributed by atoms with Crippen LogP contribution in [0, 0.1) is 0 Å². The molecule has 0 aliphatic heterocycles. The summed E-state index contributed by atoms with van der Waals surface area (Å²) in [4.78, 5) is 28.1. The summed E-state index contributed by atoms with van der Waals surface area (Å²) < 4.78 is 0. The van der Waals surface area contributed by atoms with Crippen LogP contribution in [0.1, 0.15) is 34.0 Å². The number of pyridine rings is 1. The van der Waals surface area contributed by atoms with Crippen molar-refractivity contribution in [2.24, 2.45) is 0 Å². The van der Waals surface area contributed by atoms with Gasteiger partial charge in [-0.05, 0) is 23.5 Å². The fourth-order valence-electron chi connectivity index (χ4n) is 3.57. The lowest BCUT2D eigenvalue weighted by atomic mass is 9.80. The maximum absolute atomic E-state index is 12.7. The molecule has 1 aliphatic carbocycles. The monoisotopic (exact) mass is 331 g/mol. The van der Waals surface area contributed by atoms with E-state index in [2.05, 4.69) is 4.98 Å². The number of Topliss-reactive ketones (excluding diaryl/α,β-unsaturated/α-hetero) is 1. The molecule has 0 bridgehead atoms. The van der Waals surface area contributed by atoms with Crippen molar-refractivity contribution in [3.63, 3.8) is 0 Å². The van der Waals surface area contributed by atoms with Gasteiger partial charge in [0.2, 0.25) is 0 Å². The van der Waals surface area contributed by atoms with Gasteiger partial charge in [0.15, 0.2) is 5.78 Å². The van der Waals surface area contributed by atoms with Crippen molar-refractivity contribution in [3.8, 4) is 16.9 Å². The Balaban J connectivity index is 1.83. The highest BCUT2D eigenvalue weighted by Crippen LogP contribution is 2.38. The summed E-state index contributed by atoms with van der Waals surface area (Å²) >= 11 is 0. The van der Waals surface area contributed by atoms with Crippen molar-refractivity contribution in [2.45, 2.75) is 18.8 Å². The molecule has 124 valence electrons. The molecule has 2 N–H and O–H groups in total. The van der Waals surface area contributed by atoms with Crippen LogP contribution in [0.25, 0.3) is 11.1 Å². The van der Waals surface area contributed by atoms with E-state index in [1.54, 1.807) is 24.3 Å². The van der Waals surface area contributed by atoms with Crippen molar-refractivity contribution in [1.82, 2.24) is 4.98 Å². The fourth-order valence-corrected chi connectivity index (χ4v) is 3.57. The predicted molar refractivity (Wildman–Crippen MR) is 96.0 cm³/mol. The largest absolute Gasteiger partial charge is 0.506 e. The van der Waals surface area contributed by atoms with Gasteiger partial charge in [-0.1, -0.05) is 60.7 Å². The molecule has 1 aliphatic rings. The van der Waals surface area contributed by atoms with Gasteiger partial charge in [0, 0.05) is 12.1 Å². The van der Waals surface area contributed by atoms with Crippen LogP contribution in [-0.4, -0.2) is 15.9 Å². The van der Waals surface area contributed by atoms with Gasteiger partial charge >= 0.3 is 0 Å². The summed E-state index contributed by atoms with van der Waals surface area (Å²) in [5.41, 5.74) is 2.23. The first-order valence-corrected chi connectivity index (χ1v) is 8.27. The average Bonchev–Trinajstić information content (AvgIpc) is 2.62. The summed E-state index contributed by atoms with van der Waals surface area (Å²) in [6, 6.07) is 18.7. The van der Waals surface area contributed by atoms with Crippen LogP contribution in [0.2, 0.25) is 0 Å². The quantitative estimate of drug-likeness (QED) is 0.753. The molecule has 4 nitrogen and oxygen atoms in total. The molecule has 0 saturated heterocycles. The Labute approximate surface area is 144 Å². The number of hydrogen-bond acceptors (Lipinski definition) is 3. The van der Waals surface area contributed by atoms with E-state index in [4.69, 9.17) is 0 Å². The van der Waals surface area contributed by atoms with E-state index in [-0.39, 0.29) is 34.1 Å². The second-order valence-corrected chi connectivity index (χ2v) is 6.34. The zero-order valence-corrected chi connectivity index (χ0v) is 13.5. The number of nitrogens with one attached hydrogen (secondary N) is 1. The molecule has 0 spiro atoms. The number of hydrogen-bond donors (Lipinski definition) is 2. The van der Waals surface area contributed by atoms with Crippen LogP contribution in [0.3, 0.4) is 0 Å². The molecule has 2 aromatic carbocycles. The molecule has 0 fully saturated rings. The van der Waals surface area contributed by atoms with E-state index in [0.29, 0.717) is 24.1 Å². The van der Waals surface area contributed by atoms with E-state index >= 15 is 0 Å². The Morgan fingerprint density at radius 2 is 1.48 bits per heavy atom. The maximum atomic E-state index is 12.7. The van der Waals surface area contributed by atoms with E-state index in [1.165, 1.54) is 0 Å².